The Bertz CT molecular complexity index is 419. The Balaban J connectivity index is 1.86. The first-order valence-electron chi connectivity index (χ1n) is 6.88. The van der Waals surface area contributed by atoms with Crippen LogP contribution in [0.25, 0.3) is 0 Å². The third-order valence-electron chi connectivity index (χ3n) is 3.79. The number of amides is 1. The molecule has 3 nitrogen and oxygen atoms in total. The van der Waals surface area contributed by atoms with E-state index in [1.54, 1.807) is 11.8 Å². The third kappa shape index (κ3) is 4.25. The summed E-state index contributed by atoms with van der Waals surface area (Å²) in [5.41, 5.74) is 6.94. The summed E-state index contributed by atoms with van der Waals surface area (Å²) in [6.45, 7) is 0. The van der Waals surface area contributed by atoms with Gasteiger partial charge in [0.1, 0.15) is 0 Å². The Morgan fingerprint density at radius 1 is 1.32 bits per heavy atom. The molecule has 1 saturated carbocycles. The minimum absolute atomic E-state index is 0.0826. The molecule has 1 fully saturated rings. The van der Waals surface area contributed by atoms with Crippen LogP contribution in [0.15, 0.2) is 29.2 Å². The Hall–Kier alpha value is -1.00. The van der Waals surface area contributed by atoms with Gasteiger partial charge >= 0.3 is 0 Å². The fourth-order valence-corrected chi connectivity index (χ4v) is 3.02. The molecule has 1 aromatic rings. The van der Waals surface area contributed by atoms with E-state index in [4.69, 9.17) is 5.73 Å². The van der Waals surface area contributed by atoms with Gasteiger partial charge in [0.2, 0.25) is 5.91 Å². The zero-order valence-corrected chi connectivity index (χ0v) is 12.2. The maximum absolute atomic E-state index is 12.0. The van der Waals surface area contributed by atoms with Crippen LogP contribution in [0.2, 0.25) is 0 Å². The highest BCUT2D eigenvalue weighted by atomic mass is 32.2. The molecule has 1 aromatic carbocycles. The summed E-state index contributed by atoms with van der Waals surface area (Å²) in [5.74, 6) is 0.429. The van der Waals surface area contributed by atoms with Crippen LogP contribution in [0.3, 0.4) is 0 Å². The van der Waals surface area contributed by atoms with Gasteiger partial charge in [0.25, 0.3) is 0 Å². The van der Waals surface area contributed by atoms with Gasteiger partial charge in [0.15, 0.2) is 0 Å². The lowest BCUT2D eigenvalue weighted by molar-refractivity contribution is -0.117. The van der Waals surface area contributed by atoms with Crippen molar-refractivity contribution < 1.29 is 4.79 Å². The number of carbonyl (C=O) groups is 1. The number of thioether (sulfide) groups is 1. The molecule has 3 N–H and O–H groups in total. The smallest absolute Gasteiger partial charge is 0.224 e. The van der Waals surface area contributed by atoms with E-state index in [1.165, 1.54) is 17.7 Å². The number of nitrogens with one attached hydrogen (secondary N) is 1. The highest BCUT2D eigenvalue weighted by Gasteiger charge is 2.24. The lowest BCUT2D eigenvalue weighted by atomic mass is 9.83. The molecule has 1 aliphatic carbocycles. The molecule has 0 bridgehead atoms. The number of nitrogens with two attached hydrogens (primary N) is 1. The van der Waals surface area contributed by atoms with E-state index < -0.39 is 0 Å². The van der Waals surface area contributed by atoms with Crippen molar-refractivity contribution >= 4 is 23.4 Å². The number of anilines is 1. The van der Waals surface area contributed by atoms with Gasteiger partial charge in [-0.15, -0.1) is 11.8 Å². The fraction of sp³-hybridized carbons (Fsp3) is 0.533. The van der Waals surface area contributed by atoms with Gasteiger partial charge in [-0.1, -0.05) is 12.8 Å². The summed E-state index contributed by atoms with van der Waals surface area (Å²) in [5, 5.41) is 2.96. The molecule has 0 spiro atoms. The van der Waals surface area contributed by atoms with Crippen LogP contribution in [-0.4, -0.2) is 18.2 Å². The molecule has 2 atom stereocenters. The van der Waals surface area contributed by atoms with Gasteiger partial charge in [-0.3, -0.25) is 4.79 Å². The fourth-order valence-electron chi connectivity index (χ4n) is 2.61. The van der Waals surface area contributed by atoms with Crippen LogP contribution in [0.5, 0.6) is 0 Å². The van der Waals surface area contributed by atoms with Crippen molar-refractivity contribution in [1.82, 2.24) is 0 Å². The molecule has 0 aromatic heterocycles. The van der Waals surface area contributed by atoms with E-state index in [1.807, 2.05) is 30.5 Å². The summed E-state index contributed by atoms with van der Waals surface area (Å²) in [7, 11) is 0. The second-order valence-electron chi connectivity index (χ2n) is 5.19. The van der Waals surface area contributed by atoms with Crippen LogP contribution in [0.4, 0.5) is 5.69 Å². The second-order valence-corrected chi connectivity index (χ2v) is 6.07. The largest absolute Gasteiger partial charge is 0.327 e. The first-order valence-corrected chi connectivity index (χ1v) is 8.11. The standard InChI is InChI=1S/C15H22N2OS/c1-19-13-8-6-12(7-9-13)17-15(18)10-11-4-2-3-5-14(11)16/h6-9,11,14H,2-5,10,16H2,1H3,(H,17,18). The molecule has 1 aliphatic rings. The maximum Gasteiger partial charge on any atom is 0.224 e. The van der Waals surface area contributed by atoms with E-state index in [-0.39, 0.29) is 11.9 Å². The van der Waals surface area contributed by atoms with E-state index in [9.17, 15) is 4.79 Å². The van der Waals surface area contributed by atoms with Crippen molar-refractivity contribution in [3.8, 4) is 0 Å². The maximum atomic E-state index is 12.0. The lowest BCUT2D eigenvalue weighted by Crippen LogP contribution is -2.35. The molecule has 0 radical (unpaired) electrons. The molecular formula is C15H22N2OS. The molecule has 0 aliphatic heterocycles. The summed E-state index contributed by atoms with van der Waals surface area (Å²) >= 11 is 1.70. The van der Waals surface area contributed by atoms with Crippen molar-refractivity contribution in [2.75, 3.05) is 11.6 Å². The second kappa shape index (κ2) is 6.96. The first-order chi connectivity index (χ1) is 9.19. The average Bonchev–Trinajstić information content (AvgIpc) is 2.42. The number of hydrogen-bond acceptors (Lipinski definition) is 3. The molecular weight excluding hydrogens is 256 g/mol. The summed E-state index contributed by atoms with van der Waals surface area (Å²) in [6, 6.07) is 8.13. The normalized spacial score (nSPS) is 23.1. The Morgan fingerprint density at radius 3 is 2.63 bits per heavy atom. The zero-order valence-electron chi connectivity index (χ0n) is 11.4. The number of benzene rings is 1. The molecule has 0 saturated heterocycles. The van der Waals surface area contributed by atoms with Gasteiger partial charge in [0, 0.05) is 23.0 Å². The van der Waals surface area contributed by atoms with Crippen molar-refractivity contribution in [3.63, 3.8) is 0 Å². The number of rotatable bonds is 4. The topological polar surface area (TPSA) is 55.1 Å². The van der Waals surface area contributed by atoms with Gasteiger partial charge in [0.05, 0.1) is 0 Å². The lowest BCUT2D eigenvalue weighted by Gasteiger charge is -2.27. The number of hydrogen-bond donors (Lipinski definition) is 2. The molecule has 2 unspecified atom stereocenters. The van der Waals surface area contributed by atoms with Gasteiger partial charge in [-0.2, -0.15) is 0 Å². The monoisotopic (exact) mass is 278 g/mol. The van der Waals surface area contributed by atoms with E-state index in [2.05, 4.69) is 5.32 Å². The number of carbonyl (C=O) groups excluding carboxylic acids is 1. The summed E-state index contributed by atoms with van der Waals surface area (Å²) < 4.78 is 0. The van der Waals surface area contributed by atoms with Crippen LogP contribution in [0.1, 0.15) is 32.1 Å². The quantitative estimate of drug-likeness (QED) is 0.831. The minimum atomic E-state index is 0.0826. The minimum Gasteiger partial charge on any atom is -0.327 e. The van der Waals surface area contributed by atoms with Crippen LogP contribution in [0, 0.1) is 5.92 Å². The van der Waals surface area contributed by atoms with Crippen molar-refractivity contribution in [3.05, 3.63) is 24.3 Å². The summed E-state index contributed by atoms with van der Waals surface area (Å²) in [4.78, 5) is 13.2. The Morgan fingerprint density at radius 2 is 2.00 bits per heavy atom. The molecule has 104 valence electrons. The van der Waals surface area contributed by atoms with Gasteiger partial charge < -0.3 is 11.1 Å². The van der Waals surface area contributed by atoms with Gasteiger partial charge in [-0.05, 0) is 49.3 Å². The first kappa shape index (κ1) is 14.4. The van der Waals surface area contributed by atoms with E-state index >= 15 is 0 Å². The summed E-state index contributed by atoms with van der Waals surface area (Å²) in [6.07, 6.45) is 7.13. The van der Waals surface area contributed by atoms with Crippen molar-refractivity contribution in [2.24, 2.45) is 11.7 Å². The van der Waals surface area contributed by atoms with E-state index in [0.717, 1.165) is 18.5 Å². The van der Waals surface area contributed by atoms with Crippen LogP contribution < -0.4 is 11.1 Å². The van der Waals surface area contributed by atoms with Gasteiger partial charge in [-0.25, -0.2) is 0 Å². The predicted molar refractivity (Wildman–Crippen MR) is 81.4 cm³/mol. The third-order valence-corrected chi connectivity index (χ3v) is 4.53. The SMILES string of the molecule is CSc1ccc(NC(=O)CC2CCCCC2N)cc1. The van der Waals surface area contributed by atoms with Crippen LogP contribution >= 0.6 is 11.8 Å². The molecule has 19 heavy (non-hydrogen) atoms. The van der Waals surface area contributed by atoms with Crippen molar-refractivity contribution in [2.45, 2.75) is 43.0 Å². The Labute approximate surface area is 119 Å². The molecule has 1 amide bonds. The Kier molecular flexibility index (Phi) is 5.28. The highest BCUT2D eigenvalue weighted by molar-refractivity contribution is 7.98. The predicted octanol–water partition coefficient (Wildman–Crippen LogP) is 3.25. The van der Waals surface area contributed by atoms with Crippen LogP contribution in [-0.2, 0) is 4.79 Å². The molecule has 0 heterocycles. The van der Waals surface area contributed by atoms with Crippen molar-refractivity contribution in [1.29, 1.82) is 0 Å². The van der Waals surface area contributed by atoms with E-state index in [0.29, 0.717) is 12.3 Å². The zero-order chi connectivity index (χ0) is 13.7. The molecule has 2 rings (SSSR count). The highest BCUT2D eigenvalue weighted by Crippen LogP contribution is 2.26. The average molecular weight is 278 g/mol. The molecule has 4 heteroatoms.